The van der Waals surface area contributed by atoms with Crippen LogP contribution >= 0.6 is 11.6 Å². The molecule has 1 unspecified atom stereocenters. The van der Waals surface area contributed by atoms with Crippen LogP contribution < -0.4 is 10.2 Å². The maximum absolute atomic E-state index is 11.7. The highest BCUT2D eigenvalue weighted by molar-refractivity contribution is 6.30. The molecule has 0 amide bonds. The molecule has 2 N–H and O–H groups in total. The Morgan fingerprint density at radius 3 is 2.74 bits per heavy atom. The minimum atomic E-state index is -4.41. The largest absolute Gasteiger partial charge is 0.491 e. The van der Waals surface area contributed by atoms with Crippen LogP contribution in [0.1, 0.15) is 0 Å². The molecule has 0 bridgehead atoms. The first-order valence-corrected chi connectivity index (χ1v) is 5.72. The van der Waals surface area contributed by atoms with Crippen molar-refractivity contribution in [3.8, 4) is 5.75 Å². The van der Waals surface area contributed by atoms with Crippen molar-refractivity contribution in [3.05, 3.63) is 29.3 Å². The number of benzene rings is 1. The van der Waals surface area contributed by atoms with Crippen molar-refractivity contribution in [1.29, 1.82) is 0 Å². The van der Waals surface area contributed by atoms with E-state index in [-0.39, 0.29) is 13.2 Å². The maximum Gasteiger partial charge on any atom is 0.413 e. The Bertz CT molecular complexity index is 390. The average molecular weight is 300 g/mol. The first kappa shape index (κ1) is 16.0. The second-order valence-corrected chi connectivity index (χ2v) is 4.11. The molecule has 0 radical (unpaired) electrons. The smallest absolute Gasteiger partial charge is 0.413 e. The van der Waals surface area contributed by atoms with Crippen molar-refractivity contribution in [2.75, 3.05) is 19.8 Å². The zero-order valence-electron chi connectivity index (χ0n) is 9.78. The molecule has 8 heteroatoms. The third-order valence-electron chi connectivity index (χ3n) is 1.90. The van der Waals surface area contributed by atoms with Crippen molar-refractivity contribution in [2.45, 2.75) is 12.3 Å². The Balaban J connectivity index is 2.16. The number of aliphatic hydroxyl groups is 1. The summed E-state index contributed by atoms with van der Waals surface area (Å²) in [6.07, 6.45) is -5.41. The first-order chi connectivity index (χ1) is 8.87. The summed E-state index contributed by atoms with van der Waals surface area (Å²) in [7, 11) is 0. The van der Waals surface area contributed by atoms with Gasteiger partial charge in [0.2, 0.25) is 0 Å². The zero-order valence-corrected chi connectivity index (χ0v) is 10.5. The number of hydrogen-bond donors (Lipinski definition) is 2. The lowest BCUT2D eigenvalue weighted by Crippen LogP contribution is -2.34. The van der Waals surface area contributed by atoms with Gasteiger partial charge >= 0.3 is 6.18 Å². The molecular weight excluding hydrogens is 287 g/mol. The monoisotopic (exact) mass is 299 g/mol. The lowest BCUT2D eigenvalue weighted by atomic mass is 10.3. The van der Waals surface area contributed by atoms with Gasteiger partial charge in [-0.3, -0.25) is 4.84 Å². The molecule has 19 heavy (non-hydrogen) atoms. The van der Waals surface area contributed by atoms with E-state index in [0.29, 0.717) is 10.8 Å². The standard InChI is InChI=1S/C11H13ClF3NO3/c12-8-2-1-3-10(4-8)18-6-9(17)5-16-19-7-11(13,14)15/h1-4,9,16-17H,5-7H2. The number of hydrogen-bond acceptors (Lipinski definition) is 4. The second kappa shape index (κ2) is 7.54. The van der Waals surface area contributed by atoms with E-state index in [9.17, 15) is 18.3 Å². The van der Waals surface area contributed by atoms with Crippen LogP contribution in [0.15, 0.2) is 24.3 Å². The minimum absolute atomic E-state index is 0.0945. The predicted molar refractivity (Wildman–Crippen MR) is 63.0 cm³/mol. The van der Waals surface area contributed by atoms with Gasteiger partial charge in [0, 0.05) is 5.02 Å². The van der Waals surface area contributed by atoms with Crippen LogP contribution in [0.3, 0.4) is 0 Å². The van der Waals surface area contributed by atoms with E-state index in [2.05, 4.69) is 4.84 Å². The van der Waals surface area contributed by atoms with Crippen molar-refractivity contribution in [1.82, 2.24) is 5.48 Å². The predicted octanol–water partition coefficient (Wildman–Crippen LogP) is 2.16. The number of rotatable bonds is 7. The van der Waals surface area contributed by atoms with Gasteiger partial charge in [0.05, 0.1) is 6.54 Å². The van der Waals surface area contributed by atoms with Crippen LogP contribution in [0, 0.1) is 0 Å². The van der Waals surface area contributed by atoms with E-state index in [4.69, 9.17) is 16.3 Å². The van der Waals surface area contributed by atoms with Crippen molar-refractivity contribution < 1.29 is 27.9 Å². The lowest BCUT2D eigenvalue weighted by molar-refractivity contribution is -0.191. The topological polar surface area (TPSA) is 50.7 Å². The molecule has 0 spiro atoms. The second-order valence-electron chi connectivity index (χ2n) is 3.67. The van der Waals surface area contributed by atoms with Crippen molar-refractivity contribution in [2.24, 2.45) is 0 Å². The highest BCUT2D eigenvalue weighted by Crippen LogP contribution is 2.17. The number of hydroxylamine groups is 1. The normalized spacial score (nSPS) is 13.3. The molecule has 0 aromatic heterocycles. The molecule has 1 aromatic carbocycles. The molecule has 0 saturated heterocycles. The minimum Gasteiger partial charge on any atom is -0.491 e. The third kappa shape index (κ3) is 7.89. The van der Waals surface area contributed by atoms with Crippen LogP contribution in [0.4, 0.5) is 13.2 Å². The molecule has 1 rings (SSSR count). The highest BCUT2D eigenvalue weighted by Gasteiger charge is 2.27. The molecular formula is C11H13ClF3NO3. The van der Waals surface area contributed by atoms with E-state index < -0.39 is 18.9 Å². The molecule has 0 fully saturated rings. The molecule has 1 atom stereocenters. The summed E-state index contributed by atoms with van der Waals surface area (Å²) >= 11 is 5.72. The summed E-state index contributed by atoms with van der Waals surface area (Å²) in [4.78, 5) is 4.13. The van der Waals surface area contributed by atoms with Gasteiger partial charge in [-0.25, -0.2) is 0 Å². The van der Waals surface area contributed by atoms with Gasteiger partial charge in [-0.15, -0.1) is 0 Å². The van der Waals surface area contributed by atoms with Crippen LogP contribution in [-0.4, -0.2) is 37.1 Å². The molecule has 0 saturated carbocycles. The quantitative estimate of drug-likeness (QED) is 0.598. The Hall–Kier alpha value is -1.02. The Morgan fingerprint density at radius 1 is 1.37 bits per heavy atom. The first-order valence-electron chi connectivity index (χ1n) is 5.34. The molecule has 0 aliphatic rings. The number of ether oxygens (including phenoxy) is 1. The number of aliphatic hydroxyl groups excluding tert-OH is 1. The Labute approximate surface area is 113 Å². The van der Waals surface area contributed by atoms with Crippen molar-refractivity contribution in [3.63, 3.8) is 0 Å². The summed E-state index contributed by atoms with van der Waals surface area (Å²) in [6.45, 7) is -1.70. The Morgan fingerprint density at radius 2 is 2.11 bits per heavy atom. The molecule has 1 aromatic rings. The summed E-state index contributed by atoms with van der Waals surface area (Å²) in [6, 6.07) is 6.54. The fraction of sp³-hybridized carbons (Fsp3) is 0.455. The lowest BCUT2D eigenvalue weighted by Gasteiger charge is -2.14. The van der Waals surface area contributed by atoms with Gasteiger partial charge in [0.25, 0.3) is 0 Å². The number of halogens is 4. The van der Waals surface area contributed by atoms with Crippen LogP contribution in [-0.2, 0) is 4.84 Å². The van der Waals surface area contributed by atoms with Gasteiger partial charge in [0.1, 0.15) is 18.5 Å². The van der Waals surface area contributed by atoms with Crippen molar-refractivity contribution >= 4 is 11.6 Å². The zero-order chi connectivity index (χ0) is 14.3. The van der Waals surface area contributed by atoms with E-state index in [1.165, 1.54) is 0 Å². The third-order valence-corrected chi connectivity index (χ3v) is 2.13. The van der Waals surface area contributed by atoms with E-state index in [1.54, 1.807) is 24.3 Å². The Kier molecular flexibility index (Phi) is 6.36. The van der Waals surface area contributed by atoms with Gasteiger partial charge < -0.3 is 9.84 Å². The van der Waals surface area contributed by atoms with E-state index in [0.717, 1.165) is 0 Å². The molecule has 0 aliphatic heterocycles. The summed E-state index contributed by atoms with van der Waals surface area (Å²) in [5.41, 5.74) is 2.01. The fourth-order valence-electron chi connectivity index (χ4n) is 1.10. The summed E-state index contributed by atoms with van der Waals surface area (Å²) in [5, 5.41) is 9.91. The molecule has 108 valence electrons. The molecule has 0 aliphatic carbocycles. The van der Waals surface area contributed by atoms with Gasteiger partial charge in [-0.2, -0.15) is 18.7 Å². The van der Waals surface area contributed by atoms with Crippen LogP contribution in [0.5, 0.6) is 5.75 Å². The highest BCUT2D eigenvalue weighted by atomic mass is 35.5. The van der Waals surface area contributed by atoms with Gasteiger partial charge in [-0.1, -0.05) is 17.7 Å². The molecule has 0 heterocycles. The number of alkyl halides is 3. The number of nitrogens with one attached hydrogen (secondary N) is 1. The van der Waals surface area contributed by atoms with E-state index in [1.807, 2.05) is 5.48 Å². The summed E-state index contributed by atoms with van der Waals surface area (Å²) < 4.78 is 40.4. The summed E-state index contributed by atoms with van der Waals surface area (Å²) in [5.74, 6) is 0.461. The SMILES string of the molecule is OC(CNOCC(F)(F)F)COc1cccc(Cl)c1. The average Bonchev–Trinajstić information content (AvgIpc) is 2.31. The van der Waals surface area contributed by atoms with E-state index >= 15 is 0 Å². The van der Waals surface area contributed by atoms with Crippen LogP contribution in [0.2, 0.25) is 5.02 Å². The van der Waals surface area contributed by atoms with Crippen LogP contribution in [0.25, 0.3) is 0 Å². The fourth-order valence-corrected chi connectivity index (χ4v) is 1.28. The van der Waals surface area contributed by atoms with Gasteiger partial charge in [-0.05, 0) is 18.2 Å². The maximum atomic E-state index is 11.7. The molecule has 4 nitrogen and oxygen atoms in total. The van der Waals surface area contributed by atoms with Gasteiger partial charge in [0.15, 0.2) is 6.61 Å².